The van der Waals surface area contributed by atoms with Crippen LogP contribution in [0.3, 0.4) is 0 Å². The van der Waals surface area contributed by atoms with Crippen LogP contribution in [0.25, 0.3) is 0 Å². The van der Waals surface area contributed by atoms with Gasteiger partial charge in [-0.1, -0.05) is 36.5 Å². The molecule has 0 aliphatic rings. The predicted molar refractivity (Wildman–Crippen MR) is 79.3 cm³/mol. The van der Waals surface area contributed by atoms with E-state index in [0.29, 0.717) is 23.7 Å². The third-order valence-electron chi connectivity index (χ3n) is 2.58. The van der Waals surface area contributed by atoms with Crippen LogP contribution in [0.15, 0.2) is 17.0 Å². The number of sulfonamides is 1. The van der Waals surface area contributed by atoms with Crippen LogP contribution in [0.5, 0.6) is 0 Å². The zero-order valence-corrected chi connectivity index (χ0v) is 13.3. The van der Waals surface area contributed by atoms with E-state index in [2.05, 4.69) is 10.0 Å². The van der Waals surface area contributed by atoms with Crippen LogP contribution < -0.4 is 10.0 Å². The molecule has 0 saturated heterocycles. The van der Waals surface area contributed by atoms with Crippen molar-refractivity contribution >= 4 is 33.2 Å². The van der Waals surface area contributed by atoms with Gasteiger partial charge in [-0.05, 0) is 31.2 Å². The van der Waals surface area contributed by atoms with E-state index in [1.54, 1.807) is 7.05 Å². The standard InChI is InChI=1S/C12H18Cl2N2O2S/c1-3-4-5-16-19(17,18)12-6-9(8-15-2)10(13)7-11(12)14/h6-7,15-16H,3-5,8H2,1-2H3. The Morgan fingerprint density at radius 2 is 1.89 bits per heavy atom. The first-order valence-corrected chi connectivity index (χ1v) is 8.28. The fourth-order valence-corrected chi connectivity index (χ4v) is 3.50. The van der Waals surface area contributed by atoms with E-state index in [0.717, 1.165) is 12.8 Å². The number of nitrogens with one attached hydrogen (secondary N) is 2. The van der Waals surface area contributed by atoms with E-state index >= 15 is 0 Å². The van der Waals surface area contributed by atoms with Gasteiger partial charge >= 0.3 is 0 Å². The summed E-state index contributed by atoms with van der Waals surface area (Å²) >= 11 is 12.0. The third kappa shape index (κ3) is 4.61. The van der Waals surface area contributed by atoms with Crippen molar-refractivity contribution in [1.82, 2.24) is 10.0 Å². The van der Waals surface area contributed by atoms with Crippen LogP contribution in [-0.4, -0.2) is 22.0 Å². The third-order valence-corrected chi connectivity index (χ3v) is 4.86. The smallest absolute Gasteiger partial charge is 0.242 e. The summed E-state index contributed by atoms with van der Waals surface area (Å²) in [7, 11) is -1.83. The van der Waals surface area contributed by atoms with E-state index in [9.17, 15) is 8.42 Å². The number of benzene rings is 1. The highest BCUT2D eigenvalue weighted by atomic mass is 35.5. The molecule has 0 saturated carbocycles. The monoisotopic (exact) mass is 324 g/mol. The van der Waals surface area contributed by atoms with Gasteiger partial charge in [-0.3, -0.25) is 0 Å². The van der Waals surface area contributed by atoms with Gasteiger partial charge in [0.15, 0.2) is 0 Å². The molecule has 2 N–H and O–H groups in total. The van der Waals surface area contributed by atoms with Crippen LogP contribution in [-0.2, 0) is 16.6 Å². The van der Waals surface area contributed by atoms with E-state index < -0.39 is 10.0 Å². The molecule has 0 aromatic heterocycles. The molecule has 0 heterocycles. The number of rotatable bonds is 7. The van der Waals surface area contributed by atoms with Gasteiger partial charge in [-0.2, -0.15) is 0 Å². The molecule has 1 rings (SSSR count). The van der Waals surface area contributed by atoms with Gasteiger partial charge in [0.1, 0.15) is 4.90 Å². The summed E-state index contributed by atoms with van der Waals surface area (Å²) in [5.74, 6) is 0. The summed E-state index contributed by atoms with van der Waals surface area (Å²) in [6, 6.07) is 2.97. The zero-order valence-electron chi connectivity index (χ0n) is 11.0. The zero-order chi connectivity index (χ0) is 14.5. The normalized spacial score (nSPS) is 11.8. The van der Waals surface area contributed by atoms with Crippen molar-refractivity contribution in [3.05, 3.63) is 27.7 Å². The van der Waals surface area contributed by atoms with Gasteiger partial charge in [0.05, 0.1) is 5.02 Å². The molecule has 7 heteroatoms. The van der Waals surface area contributed by atoms with E-state index in [1.165, 1.54) is 12.1 Å². The van der Waals surface area contributed by atoms with Crippen LogP contribution in [0, 0.1) is 0 Å². The van der Waals surface area contributed by atoms with Crippen molar-refractivity contribution < 1.29 is 8.42 Å². The first-order valence-electron chi connectivity index (χ1n) is 6.04. The minimum Gasteiger partial charge on any atom is -0.316 e. The van der Waals surface area contributed by atoms with Gasteiger partial charge in [0, 0.05) is 18.1 Å². The quantitative estimate of drug-likeness (QED) is 0.758. The number of hydrogen-bond donors (Lipinski definition) is 2. The molecule has 19 heavy (non-hydrogen) atoms. The molecule has 0 bridgehead atoms. The Labute approximate surface area is 124 Å². The fourth-order valence-electron chi connectivity index (χ4n) is 1.56. The van der Waals surface area contributed by atoms with Crippen molar-refractivity contribution in [2.75, 3.05) is 13.6 Å². The highest BCUT2D eigenvalue weighted by Crippen LogP contribution is 2.28. The molecule has 0 atom stereocenters. The summed E-state index contributed by atoms with van der Waals surface area (Å²) in [5.41, 5.74) is 0.699. The van der Waals surface area contributed by atoms with Gasteiger partial charge in [-0.25, -0.2) is 13.1 Å². The molecule has 0 aliphatic carbocycles. The number of halogens is 2. The molecule has 108 valence electrons. The molecule has 4 nitrogen and oxygen atoms in total. The minimum absolute atomic E-state index is 0.0694. The summed E-state index contributed by atoms with van der Waals surface area (Å²) in [6.07, 6.45) is 1.70. The Balaban J connectivity index is 3.08. The van der Waals surface area contributed by atoms with Gasteiger partial charge in [0.25, 0.3) is 0 Å². The first kappa shape index (κ1) is 16.7. The van der Waals surface area contributed by atoms with Crippen molar-refractivity contribution in [2.24, 2.45) is 0 Å². The van der Waals surface area contributed by atoms with Gasteiger partial charge < -0.3 is 5.32 Å². The number of hydrogen-bond acceptors (Lipinski definition) is 3. The Morgan fingerprint density at radius 3 is 2.47 bits per heavy atom. The van der Waals surface area contributed by atoms with Crippen molar-refractivity contribution in [3.8, 4) is 0 Å². The molecule has 0 amide bonds. The maximum atomic E-state index is 12.1. The summed E-state index contributed by atoms with van der Waals surface area (Å²) in [5, 5.41) is 3.52. The molecule has 1 aromatic carbocycles. The second-order valence-electron chi connectivity index (χ2n) is 4.16. The Bertz CT molecular complexity index is 533. The molecular formula is C12H18Cl2N2O2S. The first-order chi connectivity index (χ1) is 8.92. The average Bonchev–Trinajstić information content (AvgIpc) is 2.32. The van der Waals surface area contributed by atoms with Gasteiger partial charge in [0.2, 0.25) is 10.0 Å². The van der Waals surface area contributed by atoms with E-state index in [4.69, 9.17) is 23.2 Å². The van der Waals surface area contributed by atoms with Gasteiger partial charge in [-0.15, -0.1) is 0 Å². The second-order valence-corrected chi connectivity index (χ2v) is 6.71. The number of unbranched alkanes of at least 4 members (excludes halogenated alkanes) is 1. The van der Waals surface area contributed by atoms with Crippen LogP contribution in [0.1, 0.15) is 25.3 Å². The lowest BCUT2D eigenvalue weighted by molar-refractivity contribution is 0.578. The average molecular weight is 325 g/mol. The van der Waals surface area contributed by atoms with Crippen LogP contribution >= 0.6 is 23.2 Å². The molecular weight excluding hydrogens is 307 g/mol. The van der Waals surface area contributed by atoms with E-state index in [-0.39, 0.29) is 9.92 Å². The van der Waals surface area contributed by atoms with Crippen LogP contribution in [0.4, 0.5) is 0 Å². The summed E-state index contributed by atoms with van der Waals surface area (Å²) in [6.45, 7) is 2.88. The molecule has 0 aliphatic heterocycles. The predicted octanol–water partition coefficient (Wildman–Crippen LogP) is 2.79. The Morgan fingerprint density at radius 1 is 1.21 bits per heavy atom. The van der Waals surface area contributed by atoms with Crippen molar-refractivity contribution in [1.29, 1.82) is 0 Å². The lowest BCUT2D eigenvalue weighted by Gasteiger charge is -2.11. The summed E-state index contributed by atoms with van der Waals surface area (Å²) < 4.78 is 26.8. The Kier molecular flexibility index (Phi) is 6.56. The highest BCUT2D eigenvalue weighted by molar-refractivity contribution is 7.89. The molecule has 0 fully saturated rings. The topological polar surface area (TPSA) is 58.2 Å². The largest absolute Gasteiger partial charge is 0.316 e. The van der Waals surface area contributed by atoms with Crippen molar-refractivity contribution in [3.63, 3.8) is 0 Å². The lowest BCUT2D eigenvalue weighted by atomic mass is 10.2. The molecule has 0 radical (unpaired) electrons. The molecule has 0 spiro atoms. The summed E-state index contributed by atoms with van der Waals surface area (Å²) in [4.78, 5) is 0.0694. The SMILES string of the molecule is CCCCNS(=O)(=O)c1cc(CNC)c(Cl)cc1Cl. The molecule has 1 aromatic rings. The minimum atomic E-state index is -3.59. The second kappa shape index (κ2) is 7.45. The Hall–Kier alpha value is -0.330. The highest BCUT2D eigenvalue weighted by Gasteiger charge is 2.19. The van der Waals surface area contributed by atoms with Crippen LogP contribution in [0.2, 0.25) is 10.0 Å². The molecule has 0 unspecified atom stereocenters. The van der Waals surface area contributed by atoms with Crippen molar-refractivity contribution in [2.45, 2.75) is 31.2 Å². The van der Waals surface area contributed by atoms with E-state index in [1.807, 2.05) is 6.92 Å². The maximum Gasteiger partial charge on any atom is 0.242 e. The maximum absolute atomic E-state index is 12.1. The lowest BCUT2D eigenvalue weighted by Crippen LogP contribution is -2.25. The fraction of sp³-hybridized carbons (Fsp3) is 0.500.